The number of hydrogen-bond donors (Lipinski definition) is 2. The molecule has 2 heterocycles. The number of sulfonamides is 1. The summed E-state index contributed by atoms with van der Waals surface area (Å²) in [6, 6.07) is 1.55. The molecule has 1 aliphatic heterocycles. The van der Waals surface area contributed by atoms with Crippen LogP contribution in [0.4, 0.5) is 0 Å². The Bertz CT molecular complexity index is 586. The predicted octanol–water partition coefficient (Wildman–Crippen LogP) is 0.428. The van der Waals surface area contributed by atoms with Crippen molar-refractivity contribution < 1.29 is 18.3 Å². The summed E-state index contributed by atoms with van der Waals surface area (Å²) in [6.45, 7) is 0.914. The van der Waals surface area contributed by atoms with Gasteiger partial charge in [-0.25, -0.2) is 13.2 Å². The molecule has 7 nitrogen and oxygen atoms in total. The first kappa shape index (κ1) is 15.0. The number of aromatic amines is 1. The molecule has 0 aliphatic carbocycles. The van der Waals surface area contributed by atoms with E-state index in [0.29, 0.717) is 19.1 Å². The monoisotopic (exact) mass is 301 g/mol. The number of aromatic carboxylic acids is 1. The van der Waals surface area contributed by atoms with Crippen molar-refractivity contribution in [1.29, 1.82) is 0 Å². The number of carboxylic acid groups (broad SMARTS) is 1. The highest BCUT2D eigenvalue weighted by atomic mass is 32.2. The number of rotatable bonds is 4. The van der Waals surface area contributed by atoms with Crippen molar-refractivity contribution in [2.75, 3.05) is 27.2 Å². The summed E-state index contributed by atoms with van der Waals surface area (Å²) in [5, 5.41) is 8.82. The van der Waals surface area contributed by atoms with Gasteiger partial charge in [0.15, 0.2) is 0 Å². The molecule has 0 spiro atoms. The van der Waals surface area contributed by atoms with Crippen LogP contribution in [0.15, 0.2) is 17.2 Å². The van der Waals surface area contributed by atoms with Gasteiger partial charge in [0, 0.05) is 25.3 Å². The van der Waals surface area contributed by atoms with Crippen LogP contribution in [0.2, 0.25) is 0 Å². The molecule has 0 aromatic carbocycles. The number of piperidine rings is 1. The molecule has 20 heavy (non-hydrogen) atoms. The zero-order valence-electron chi connectivity index (χ0n) is 11.5. The van der Waals surface area contributed by atoms with E-state index in [9.17, 15) is 13.2 Å². The molecule has 8 heteroatoms. The second-order valence-electron chi connectivity index (χ2n) is 5.15. The van der Waals surface area contributed by atoms with Gasteiger partial charge in [-0.15, -0.1) is 0 Å². The van der Waals surface area contributed by atoms with E-state index >= 15 is 0 Å². The van der Waals surface area contributed by atoms with Crippen LogP contribution in [-0.2, 0) is 10.0 Å². The maximum atomic E-state index is 12.4. The Balaban J connectivity index is 2.13. The van der Waals surface area contributed by atoms with Crippen LogP contribution in [0.5, 0.6) is 0 Å². The Morgan fingerprint density at radius 3 is 2.45 bits per heavy atom. The van der Waals surface area contributed by atoms with Crippen LogP contribution in [0.25, 0.3) is 0 Å². The molecular weight excluding hydrogens is 282 g/mol. The normalized spacial score (nSPS) is 18.6. The van der Waals surface area contributed by atoms with Crippen molar-refractivity contribution in [1.82, 2.24) is 14.2 Å². The van der Waals surface area contributed by atoms with E-state index in [1.54, 1.807) is 0 Å². The second kappa shape index (κ2) is 5.55. The molecule has 0 atom stereocenters. The number of hydrogen-bond acceptors (Lipinski definition) is 4. The third-order valence-electron chi connectivity index (χ3n) is 3.68. The third-order valence-corrected chi connectivity index (χ3v) is 5.55. The standard InChI is InChI=1S/C12H19N3O4S/c1-14(2)9-3-5-15(6-4-9)20(18,19)10-7-11(12(16)17)13-8-10/h7-9,13H,3-6H2,1-2H3,(H,16,17). The van der Waals surface area contributed by atoms with Gasteiger partial charge in [-0.1, -0.05) is 0 Å². The molecule has 112 valence electrons. The van der Waals surface area contributed by atoms with Gasteiger partial charge in [0.1, 0.15) is 10.6 Å². The largest absolute Gasteiger partial charge is 0.477 e. The highest BCUT2D eigenvalue weighted by molar-refractivity contribution is 7.89. The molecule has 0 unspecified atom stereocenters. The van der Waals surface area contributed by atoms with Crippen LogP contribution in [-0.4, -0.2) is 66.9 Å². The minimum absolute atomic E-state index is 0.0122. The van der Waals surface area contributed by atoms with Crippen molar-refractivity contribution >= 4 is 16.0 Å². The van der Waals surface area contributed by atoms with Crippen LogP contribution < -0.4 is 0 Å². The van der Waals surface area contributed by atoms with Gasteiger partial charge in [0.25, 0.3) is 0 Å². The fourth-order valence-corrected chi connectivity index (χ4v) is 3.86. The highest BCUT2D eigenvalue weighted by Crippen LogP contribution is 2.22. The van der Waals surface area contributed by atoms with Crippen molar-refractivity contribution in [3.8, 4) is 0 Å². The Morgan fingerprint density at radius 2 is 2.00 bits per heavy atom. The first-order valence-electron chi connectivity index (χ1n) is 6.40. The lowest BCUT2D eigenvalue weighted by molar-refractivity contribution is 0.0691. The van der Waals surface area contributed by atoms with Gasteiger partial charge < -0.3 is 15.0 Å². The second-order valence-corrected chi connectivity index (χ2v) is 7.09. The number of aromatic nitrogens is 1. The predicted molar refractivity (Wildman–Crippen MR) is 73.2 cm³/mol. The van der Waals surface area contributed by atoms with Crippen molar-refractivity contribution in [2.24, 2.45) is 0 Å². The fraction of sp³-hybridized carbons (Fsp3) is 0.583. The summed E-state index contributed by atoms with van der Waals surface area (Å²) < 4.78 is 26.2. The summed E-state index contributed by atoms with van der Waals surface area (Å²) in [4.78, 5) is 15.4. The molecule has 1 aliphatic rings. The van der Waals surface area contributed by atoms with Crippen LogP contribution in [0.1, 0.15) is 23.3 Å². The number of nitrogens with one attached hydrogen (secondary N) is 1. The summed E-state index contributed by atoms with van der Waals surface area (Å²) in [6.07, 6.45) is 2.79. The molecule has 0 radical (unpaired) electrons. The maximum Gasteiger partial charge on any atom is 0.352 e. The molecule has 0 amide bonds. The minimum atomic E-state index is -3.60. The Labute approximate surface area is 118 Å². The average molecular weight is 301 g/mol. The van der Waals surface area contributed by atoms with E-state index < -0.39 is 16.0 Å². The molecule has 1 fully saturated rings. The van der Waals surface area contributed by atoms with E-state index in [1.807, 2.05) is 14.1 Å². The molecule has 0 bridgehead atoms. The van der Waals surface area contributed by atoms with Gasteiger partial charge in [-0.3, -0.25) is 0 Å². The number of H-pyrrole nitrogens is 1. The van der Waals surface area contributed by atoms with Crippen molar-refractivity contribution in [2.45, 2.75) is 23.8 Å². The number of carboxylic acids is 1. The molecule has 1 aromatic rings. The molecule has 0 saturated carbocycles. The Kier molecular flexibility index (Phi) is 4.17. The topological polar surface area (TPSA) is 93.7 Å². The number of carbonyl (C=O) groups is 1. The fourth-order valence-electron chi connectivity index (χ4n) is 2.39. The van der Waals surface area contributed by atoms with Gasteiger partial charge in [0.2, 0.25) is 10.0 Å². The molecule has 1 aromatic heterocycles. The lowest BCUT2D eigenvalue weighted by atomic mass is 10.1. The third kappa shape index (κ3) is 2.87. The Hall–Kier alpha value is -1.38. The van der Waals surface area contributed by atoms with Gasteiger partial charge >= 0.3 is 5.97 Å². The number of nitrogens with zero attached hydrogens (tertiary/aromatic N) is 2. The summed E-state index contributed by atoms with van der Waals surface area (Å²) in [5.74, 6) is -1.17. The van der Waals surface area contributed by atoms with Crippen LogP contribution in [0.3, 0.4) is 0 Å². The SMILES string of the molecule is CN(C)C1CCN(S(=O)(=O)c2c[nH]c(C(=O)O)c2)CC1. The quantitative estimate of drug-likeness (QED) is 0.841. The van der Waals surface area contributed by atoms with Crippen LogP contribution in [0, 0.1) is 0 Å². The summed E-state index contributed by atoms with van der Waals surface area (Å²) in [7, 11) is 0.369. The molecule has 1 saturated heterocycles. The van der Waals surface area contributed by atoms with E-state index in [-0.39, 0.29) is 10.6 Å². The van der Waals surface area contributed by atoms with E-state index in [4.69, 9.17) is 5.11 Å². The van der Waals surface area contributed by atoms with E-state index in [1.165, 1.54) is 10.5 Å². The lowest BCUT2D eigenvalue weighted by Gasteiger charge is -2.34. The average Bonchev–Trinajstić information content (AvgIpc) is 2.89. The highest BCUT2D eigenvalue weighted by Gasteiger charge is 2.31. The van der Waals surface area contributed by atoms with Gasteiger partial charge in [-0.2, -0.15) is 4.31 Å². The summed E-state index contributed by atoms with van der Waals surface area (Å²) in [5.41, 5.74) is -0.119. The molecule has 2 rings (SSSR count). The molecular formula is C12H19N3O4S. The smallest absolute Gasteiger partial charge is 0.352 e. The van der Waals surface area contributed by atoms with Crippen molar-refractivity contribution in [3.05, 3.63) is 18.0 Å². The van der Waals surface area contributed by atoms with E-state index in [0.717, 1.165) is 18.9 Å². The zero-order chi connectivity index (χ0) is 14.9. The molecule has 2 N–H and O–H groups in total. The van der Waals surface area contributed by atoms with Crippen molar-refractivity contribution in [3.63, 3.8) is 0 Å². The van der Waals surface area contributed by atoms with Crippen LogP contribution >= 0.6 is 0 Å². The first-order chi connectivity index (χ1) is 9.32. The summed E-state index contributed by atoms with van der Waals surface area (Å²) >= 11 is 0. The zero-order valence-corrected chi connectivity index (χ0v) is 12.4. The maximum absolute atomic E-state index is 12.4. The van der Waals surface area contributed by atoms with E-state index in [2.05, 4.69) is 9.88 Å². The van der Waals surface area contributed by atoms with Gasteiger partial charge in [-0.05, 0) is 33.0 Å². The first-order valence-corrected chi connectivity index (χ1v) is 7.84. The lowest BCUT2D eigenvalue weighted by Crippen LogP contribution is -2.44. The Morgan fingerprint density at radius 1 is 1.40 bits per heavy atom. The minimum Gasteiger partial charge on any atom is -0.477 e. The van der Waals surface area contributed by atoms with Gasteiger partial charge in [0.05, 0.1) is 0 Å².